The molecule has 16 nitrogen and oxygen atoms in total. The summed E-state index contributed by atoms with van der Waals surface area (Å²) < 4.78 is 34.6. The van der Waals surface area contributed by atoms with E-state index in [1.165, 1.54) is 28.2 Å². The zero-order valence-electron chi connectivity index (χ0n) is 34.9. The van der Waals surface area contributed by atoms with E-state index in [1.54, 1.807) is 48.5 Å². The van der Waals surface area contributed by atoms with E-state index in [0.717, 1.165) is 43.7 Å². The fourth-order valence-corrected chi connectivity index (χ4v) is 9.89. The molecule has 0 aliphatic carbocycles. The van der Waals surface area contributed by atoms with Gasteiger partial charge in [-0.1, -0.05) is 6.07 Å². The van der Waals surface area contributed by atoms with Crippen LogP contribution in [0.4, 0.5) is 25.4 Å². The molecule has 10 rings (SSSR count). The molecule has 4 aliphatic heterocycles. The highest BCUT2D eigenvalue weighted by molar-refractivity contribution is 7.13. The first-order valence-corrected chi connectivity index (χ1v) is 22.6. The molecule has 0 bridgehead atoms. The van der Waals surface area contributed by atoms with Crippen molar-refractivity contribution < 1.29 is 28.0 Å². The summed E-state index contributed by atoms with van der Waals surface area (Å²) in [6.45, 7) is 4.83. The first-order chi connectivity index (χ1) is 31.1. The second-order valence-corrected chi connectivity index (χ2v) is 17.7. The monoisotopic (exact) mass is 888 g/mol. The highest BCUT2D eigenvalue weighted by Crippen LogP contribution is 2.34. The summed E-state index contributed by atoms with van der Waals surface area (Å²) in [6.07, 6.45) is 10.4. The van der Waals surface area contributed by atoms with E-state index in [9.17, 15) is 19.2 Å². The molecule has 3 fully saturated rings. The van der Waals surface area contributed by atoms with Gasteiger partial charge in [0.2, 0.25) is 17.7 Å². The van der Waals surface area contributed by atoms with Crippen molar-refractivity contribution in [1.29, 1.82) is 0 Å². The smallest absolute Gasteiger partial charge is 0.257 e. The molecule has 330 valence electrons. The molecule has 2 aromatic carbocycles. The molecule has 2 atom stereocenters. The Balaban J connectivity index is 0.732. The van der Waals surface area contributed by atoms with E-state index < -0.39 is 23.8 Å². The van der Waals surface area contributed by atoms with Crippen molar-refractivity contribution in [3.8, 4) is 11.1 Å². The largest absolute Gasteiger partial charge is 0.374 e. The number of thiazole rings is 1. The Hall–Kier alpha value is -6.60. The van der Waals surface area contributed by atoms with Gasteiger partial charge in [-0.05, 0) is 98.6 Å². The van der Waals surface area contributed by atoms with Crippen LogP contribution in [0.15, 0.2) is 72.8 Å². The van der Waals surface area contributed by atoms with Gasteiger partial charge < -0.3 is 19.7 Å². The number of amides is 4. The second kappa shape index (κ2) is 17.5. The standard InChI is InChI=1S/C45H46F2N12O4S/c46-33-20-29(21-36-32(33)24-59(54-36)42(44(63)53-45-48-11-19-64-45)41-37-2-1-12-58(37)26-50-41)28-3-7-38(49-23-28)56-15-17-57(18-16-56)40(61)25-55-13-9-27(10-14-55)31-5-4-30(22-34(31)47)51-35-6-8-39(60)52-43(35)62/h3-5,7,11,19-24,26-27,35,42,51H,1-2,6,8-10,12-18,25H2,(H,48,53,63)(H,52,60,62)/t35-,42?/m0/s1. The molecular formula is C45H46F2N12O4S. The zero-order chi connectivity index (χ0) is 43.9. The van der Waals surface area contributed by atoms with E-state index in [1.807, 2.05) is 21.6 Å². The van der Waals surface area contributed by atoms with Gasteiger partial charge in [0.15, 0.2) is 11.2 Å². The third-order valence-electron chi connectivity index (χ3n) is 12.8. The summed E-state index contributed by atoms with van der Waals surface area (Å²) in [5, 5.41) is 15.5. The molecular weight excluding hydrogens is 843 g/mol. The van der Waals surface area contributed by atoms with Gasteiger partial charge in [0.25, 0.3) is 5.91 Å². The summed E-state index contributed by atoms with van der Waals surface area (Å²) in [4.78, 5) is 70.4. The Morgan fingerprint density at radius 1 is 0.891 bits per heavy atom. The van der Waals surface area contributed by atoms with E-state index in [4.69, 9.17) is 10.1 Å². The van der Waals surface area contributed by atoms with Crippen LogP contribution in [0.1, 0.15) is 61.0 Å². The lowest BCUT2D eigenvalue weighted by Gasteiger charge is -2.37. The van der Waals surface area contributed by atoms with Gasteiger partial charge >= 0.3 is 0 Å². The molecule has 3 saturated heterocycles. The number of nitrogens with one attached hydrogen (secondary N) is 3. The Kier molecular flexibility index (Phi) is 11.3. The van der Waals surface area contributed by atoms with Crippen LogP contribution in [0.25, 0.3) is 22.0 Å². The zero-order valence-corrected chi connectivity index (χ0v) is 35.7. The molecule has 0 spiro atoms. The molecule has 0 radical (unpaired) electrons. The van der Waals surface area contributed by atoms with Gasteiger partial charge in [-0.15, -0.1) is 11.3 Å². The number of aromatic nitrogens is 6. The lowest BCUT2D eigenvalue weighted by molar-refractivity contribution is -0.134. The third-order valence-corrected chi connectivity index (χ3v) is 13.5. The van der Waals surface area contributed by atoms with Crippen molar-refractivity contribution in [2.45, 2.75) is 63.1 Å². The van der Waals surface area contributed by atoms with Crippen LogP contribution >= 0.6 is 11.3 Å². The number of aryl methyl sites for hydroxylation is 1. The van der Waals surface area contributed by atoms with Crippen LogP contribution in [0.5, 0.6) is 0 Å². The number of likely N-dealkylation sites (tertiary alicyclic amines) is 1. The maximum atomic E-state index is 15.8. The molecule has 1 unspecified atom stereocenters. The van der Waals surface area contributed by atoms with Crippen molar-refractivity contribution in [3.05, 3.63) is 101 Å². The number of anilines is 3. The average molecular weight is 889 g/mol. The van der Waals surface area contributed by atoms with E-state index in [2.05, 4.69) is 35.7 Å². The van der Waals surface area contributed by atoms with Crippen molar-refractivity contribution in [3.63, 3.8) is 0 Å². The minimum Gasteiger partial charge on any atom is -0.374 e. The number of nitrogens with zero attached hydrogens (tertiary/aromatic N) is 9. The minimum absolute atomic E-state index is 0.0279. The van der Waals surface area contributed by atoms with Gasteiger partial charge in [-0.2, -0.15) is 5.10 Å². The van der Waals surface area contributed by atoms with Crippen LogP contribution < -0.4 is 20.9 Å². The Labute approximate surface area is 370 Å². The highest BCUT2D eigenvalue weighted by Gasteiger charge is 2.33. The summed E-state index contributed by atoms with van der Waals surface area (Å²) in [6, 6.07) is 10.5. The van der Waals surface area contributed by atoms with Gasteiger partial charge in [0.05, 0.1) is 29.5 Å². The van der Waals surface area contributed by atoms with Gasteiger partial charge in [-0.3, -0.25) is 39.4 Å². The number of rotatable bonds is 11. The average Bonchev–Trinajstić information content (AvgIpc) is 4.13. The summed E-state index contributed by atoms with van der Waals surface area (Å²) in [7, 11) is 0. The molecule has 4 aliphatic rings. The summed E-state index contributed by atoms with van der Waals surface area (Å²) in [5.41, 5.74) is 4.39. The number of halogens is 2. The second-order valence-electron chi connectivity index (χ2n) is 16.8. The normalized spacial score (nSPS) is 18.9. The highest BCUT2D eigenvalue weighted by atomic mass is 32.1. The lowest BCUT2D eigenvalue weighted by atomic mass is 9.89. The van der Waals surface area contributed by atoms with Gasteiger partial charge in [0, 0.05) is 80.1 Å². The maximum Gasteiger partial charge on any atom is 0.257 e. The molecule has 6 aromatic rings. The molecule has 0 saturated carbocycles. The van der Waals surface area contributed by atoms with Crippen molar-refractivity contribution in [1.82, 2.24) is 44.4 Å². The number of hydrogen-bond donors (Lipinski definition) is 3. The van der Waals surface area contributed by atoms with Crippen molar-refractivity contribution in [2.24, 2.45) is 0 Å². The number of imide groups is 1. The Bertz CT molecular complexity index is 2720. The van der Waals surface area contributed by atoms with E-state index >= 15 is 8.78 Å². The third kappa shape index (κ3) is 8.44. The number of piperidine rings is 2. The number of fused-ring (bicyclic) bond motifs is 2. The van der Waals surface area contributed by atoms with E-state index in [0.29, 0.717) is 91.0 Å². The molecule has 8 heterocycles. The first-order valence-electron chi connectivity index (χ1n) is 21.7. The van der Waals surface area contributed by atoms with Gasteiger partial charge in [0.1, 0.15) is 23.5 Å². The van der Waals surface area contributed by atoms with Crippen LogP contribution in [0.3, 0.4) is 0 Å². The fraction of sp³-hybridized carbons (Fsp3) is 0.378. The quantitative estimate of drug-likeness (QED) is 0.150. The molecule has 4 aromatic heterocycles. The number of pyridine rings is 1. The van der Waals surface area contributed by atoms with Crippen molar-refractivity contribution >= 4 is 62.5 Å². The molecule has 3 N–H and O–H groups in total. The predicted molar refractivity (Wildman–Crippen MR) is 236 cm³/mol. The maximum absolute atomic E-state index is 15.8. The Morgan fingerprint density at radius 2 is 1.73 bits per heavy atom. The number of carbonyl (C=O) groups excluding carboxylic acids is 4. The number of piperazine rings is 1. The van der Waals surface area contributed by atoms with Crippen LogP contribution in [-0.2, 0) is 32.1 Å². The molecule has 4 amide bonds. The van der Waals surface area contributed by atoms with Crippen molar-refractivity contribution in [2.75, 3.05) is 61.3 Å². The minimum atomic E-state index is -0.925. The topological polar surface area (TPSA) is 176 Å². The van der Waals surface area contributed by atoms with Crippen LogP contribution in [-0.4, -0.2) is 115 Å². The van der Waals surface area contributed by atoms with E-state index in [-0.39, 0.29) is 41.3 Å². The Morgan fingerprint density at radius 3 is 2.48 bits per heavy atom. The summed E-state index contributed by atoms with van der Waals surface area (Å²) in [5.74, 6) is -1.00. The lowest BCUT2D eigenvalue weighted by Crippen LogP contribution is -2.52. The van der Waals surface area contributed by atoms with Gasteiger partial charge in [-0.25, -0.2) is 23.7 Å². The number of hydrogen-bond acceptors (Lipinski definition) is 12. The number of imidazole rings is 1. The molecule has 64 heavy (non-hydrogen) atoms. The van der Waals surface area contributed by atoms with Crippen LogP contribution in [0.2, 0.25) is 0 Å². The predicted octanol–water partition coefficient (Wildman–Crippen LogP) is 4.95. The SMILES string of the molecule is O=C1CC[C@H](Nc2ccc(C3CCN(CC(=O)N4CCN(c5ccc(-c6cc(F)c7cn(C(C(=O)Nc8nccs8)c8ncn9c8CCC9)nc7c6)cn5)CC4)CC3)c(F)c2)C(=O)N1. The first kappa shape index (κ1) is 41.4. The number of benzene rings is 2. The molecule has 19 heteroatoms. The fourth-order valence-electron chi connectivity index (χ4n) is 9.36. The summed E-state index contributed by atoms with van der Waals surface area (Å²) >= 11 is 1.31. The number of carbonyl (C=O) groups is 4. The van der Waals surface area contributed by atoms with Crippen LogP contribution in [0, 0.1) is 11.6 Å².